The van der Waals surface area contributed by atoms with Gasteiger partial charge in [-0.05, 0) is 51.7 Å². The summed E-state index contributed by atoms with van der Waals surface area (Å²) in [5.41, 5.74) is 3.54. The van der Waals surface area contributed by atoms with E-state index >= 15 is 0 Å². The molecule has 1 saturated heterocycles. The first-order valence-corrected chi connectivity index (χ1v) is 11.5. The van der Waals surface area contributed by atoms with E-state index in [0.29, 0.717) is 38.4 Å². The van der Waals surface area contributed by atoms with Crippen LogP contribution < -0.4 is 5.32 Å². The van der Waals surface area contributed by atoms with Crippen LogP contribution in [0.5, 0.6) is 0 Å². The average Bonchev–Trinajstić information content (AvgIpc) is 2.79. The first kappa shape index (κ1) is 23.2. The Kier molecular flexibility index (Phi) is 8.41. The van der Waals surface area contributed by atoms with E-state index in [4.69, 9.17) is 9.72 Å². The number of allylic oxidation sites excluding steroid dienone is 2. The number of rotatable bonds is 8. The lowest BCUT2D eigenvalue weighted by molar-refractivity contribution is -0.134. The Labute approximate surface area is 185 Å². The number of hydrogen-bond donors (Lipinski definition) is 1. The predicted octanol–water partition coefficient (Wildman–Crippen LogP) is 3.77. The number of piperidine rings is 1. The summed E-state index contributed by atoms with van der Waals surface area (Å²) in [6, 6.07) is 3.76. The number of carbonyl (C=O) groups excluding carboxylic acids is 2. The number of aromatic nitrogens is 1. The summed E-state index contributed by atoms with van der Waals surface area (Å²) < 4.78 is 5.45. The molecule has 1 unspecified atom stereocenters. The molecule has 1 fully saturated rings. The second-order valence-corrected chi connectivity index (χ2v) is 8.44. The normalized spacial score (nSPS) is 19.3. The first-order valence-electron chi connectivity index (χ1n) is 11.5. The number of ether oxygens (including phenoxy) is 1. The summed E-state index contributed by atoms with van der Waals surface area (Å²) in [6.07, 6.45) is 9.74. The molecule has 1 atom stereocenters. The van der Waals surface area contributed by atoms with Crippen molar-refractivity contribution in [1.82, 2.24) is 15.2 Å². The Bertz CT molecular complexity index is 838. The van der Waals surface area contributed by atoms with E-state index in [1.807, 2.05) is 37.0 Å². The molecule has 168 valence electrons. The van der Waals surface area contributed by atoms with Gasteiger partial charge in [0.05, 0.1) is 23.8 Å². The molecule has 0 radical (unpaired) electrons. The zero-order valence-electron chi connectivity index (χ0n) is 19.0. The number of hydrogen-bond acceptors (Lipinski definition) is 4. The van der Waals surface area contributed by atoms with Crippen molar-refractivity contribution in [3.05, 3.63) is 52.9 Å². The summed E-state index contributed by atoms with van der Waals surface area (Å²) >= 11 is 0. The van der Waals surface area contributed by atoms with Gasteiger partial charge in [-0.1, -0.05) is 30.7 Å². The lowest BCUT2D eigenvalue weighted by Crippen LogP contribution is -2.42. The van der Waals surface area contributed by atoms with Crippen LogP contribution in [0.3, 0.4) is 0 Å². The van der Waals surface area contributed by atoms with E-state index < -0.39 is 0 Å². The van der Waals surface area contributed by atoms with Gasteiger partial charge < -0.3 is 15.0 Å². The van der Waals surface area contributed by atoms with E-state index in [9.17, 15) is 9.59 Å². The fourth-order valence-corrected chi connectivity index (χ4v) is 4.25. The van der Waals surface area contributed by atoms with Gasteiger partial charge in [-0.15, -0.1) is 0 Å². The maximum absolute atomic E-state index is 13.0. The lowest BCUT2D eigenvalue weighted by atomic mass is 9.88. The quantitative estimate of drug-likeness (QED) is 0.508. The van der Waals surface area contributed by atoms with E-state index in [2.05, 4.69) is 24.4 Å². The molecule has 0 aromatic carbocycles. The van der Waals surface area contributed by atoms with Crippen LogP contribution in [0, 0.1) is 12.8 Å². The molecule has 1 N–H and O–H groups in total. The summed E-state index contributed by atoms with van der Waals surface area (Å²) in [4.78, 5) is 32.5. The van der Waals surface area contributed by atoms with Gasteiger partial charge in [0.2, 0.25) is 5.91 Å². The summed E-state index contributed by atoms with van der Waals surface area (Å²) in [6.45, 7) is 9.15. The molecule has 2 amide bonds. The molecule has 6 nitrogen and oxygen atoms in total. The molecule has 6 heteroatoms. The van der Waals surface area contributed by atoms with Crippen molar-refractivity contribution in [2.45, 2.75) is 52.4 Å². The molecule has 2 heterocycles. The van der Waals surface area contributed by atoms with Crippen LogP contribution in [-0.4, -0.2) is 54.5 Å². The molecular formula is C25H35N3O3. The van der Waals surface area contributed by atoms with Crippen molar-refractivity contribution in [3.8, 4) is 0 Å². The highest BCUT2D eigenvalue weighted by molar-refractivity contribution is 5.95. The van der Waals surface area contributed by atoms with Crippen molar-refractivity contribution in [3.63, 3.8) is 0 Å². The Hall–Kier alpha value is -2.47. The molecule has 0 bridgehead atoms. The maximum atomic E-state index is 13.0. The van der Waals surface area contributed by atoms with Gasteiger partial charge in [-0.25, -0.2) is 0 Å². The fourth-order valence-electron chi connectivity index (χ4n) is 4.25. The molecule has 1 aromatic rings. The van der Waals surface area contributed by atoms with Crippen LogP contribution in [0.2, 0.25) is 0 Å². The molecular weight excluding hydrogens is 390 g/mol. The third-order valence-electron chi connectivity index (χ3n) is 6.04. The van der Waals surface area contributed by atoms with Crippen molar-refractivity contribution >= 4 is 11.8 Å². The van der Waals surface area contributed by atoms with Crippen LogP contribution in [0.4, 0.5) is 0 Å². The van der Waals surface area contributed by atoms with Gasteiger partial charge >= 0.3 is 0 Å². The zero-order valence-corrected chi connectivity index (χ0v) is 19.0. The van der Waals surface area contributed by atoms with Crippen LogP contribution in [0.25, 0.3) is 0 Å². The maximum Gasteiger partial charge on any atom is 0.253 e. The summed E-state index contributed by atoms with van der Waals surface area (Å²) in [7, 11) is 0. The lowest BCUT2D eigenvalue weighted by Gasteiger charge is -2.34. The molecule has 1 aliphatic carbocycles. The van der Waals surface area contributed by atoms with E-state index in [1.54, 1.807) is 0 Å². The Balaban J connectivity index is 1.62. The number of nitrogens with zero attached hydrogens (tertiary/aromatic N) is 2. The Morgan fingerprint density at radius 3 is 2.68 bits per heavy atom. The van der Waals surface area contributed by atoms with Gasteiger partial charge in [0.15, 0.2) is 0 Å². The topological polar surface area (TPSA) is 71.5 Å². The summed E-state index contributed by atoms with van der Waals surface area (Å²) in [5.74, 6) is 0.137. The largest absolute Gasteiger partial charge is 0.380 e. The van der Waals surface area contributed by atoms with Gasteiger partial charge in [0.1, 0.15) is 0 Å². The van der Waals surface area contributed by atoms with Gasteiger partial charge in [-0.3, -0.25) is 14.6 Å². The first-order chi connectivity index (χ1) is 15.0. The van der Waals surface area contributed by atoms with Gasteiger partial charge in [-0.2, -0.15) is 0 Å². The monoisotopic (exact) mass is 425 g/mol. The van der Waals surface area contributed by atoms with E-state index in [1.165, 1.54) is 0 Å². The third-order valence-corrected chi connectivity index (χ3v) is 6.04. The molecule has 0 saturated carbocycles. The van der Waals surface area contributed by atoms with Crippen LogP contribution in [0.1, 0.15) is 67.2 Å². The molecule has 2 aliphatic rings. The second kappa shape index (κ2) is 11.2. The number of likely N-dealkylation sites (tertiary alicyclic amines) is 1. The van der Waals surface area contributed by atoms with Crippen LogP contribution in [-0.2, 0) is 9.53 Å². The van der Waals surface area contributed by atoms with E-state index in [0.717, 1.165) is 42.6 Å². The molecule has 0 spiro atoms. The standard InChI is InChI=1S/C25H35N3O3/c1-4-16-31-17-13-26-24(29)22-10-9-19(3)27-23(22)20-11-14-28(15-12-20)25(30)21-8-6-5-7-18(21)2/h6-10,20-21H,4-5,11-17H2,1-3H3,(H,26,29). The molecule has 1 aromatic heterocycles. The SMILES string of the molecule is CCCOCCNC(=O)c1ccc(C)nc1C1CCN(C(=O)C2C=CCC=C2C)CC1. The second-order valence-electron chi connectivity index (χ2n) is 8.44. The van der Waals surface area contributed by atoms with Crippen molar-refractivity contribution in [2.24, 2.45) is 5.92 Å². The highest BCUT2D eigenvalue weighted by Crippen LogP contribution is 2.31. The number of aryl methyl sites for hydroxylation is 1. The van der Waals surface area contributed by atoms with E-state index in [-0.39, 0.29) is 23.7 Å². The minimum Gasteiger partial charge on any atom is -0.380 e. The van der Waals surface area contributed by atoms with Crippen LogP contribution >= 0.6 is 0 Å². The average molecular weight is 426 g/mol. The summed E-state index contributed by atoms with van der Waals surface area (Å²) in [5, 5.41) is 2.95. The van der Waals surface area contributed by atoms with Crippen molar-refractivity contribution in [1.29, 1.82) is 0 Å². The number of nitrogens with one attached hydrogen (secondary N) is 1. The van der Waals surface area contributed by atoms with Crippen LogP contribution in [0.15, 0.2) is 35.9 Å². The van der Waals surface area contributed by atoms with Crippen molar-refractivity contribution < 1.29 is 14.3 Å². The number of carbonyl (C=O) groups is 2. The van der Waals surface area contributed by atoms with Gasteiger partial charge in [0.25, 0.3) is 5.91 Å². The fraction of sp³-hybridized carbons (Fsp3) is 0.560. The third kappa shape index (κ3) is 6.03. The minimum absolute atomic E-state index is 0.103. The van der Waals surface area contributed by atoms with Crippen molar-refractivity contribution in [2.75, 3.05) is 32.8 Å². The zero-order chi connectivity index (χ0) is 22.2. The number of pyridine rings is 1. The molecule has 1 aliphatic heterocycles. The Morgan fingerprint density at radius 2 is 1.97 bits per heavy atom. The minimum atomic E-state index is -0.126. The smallest absolute Gasteiger partial charge is 0.253 e. The highest BCUT2D eigenvalue weighted by atomic mass is 16.5. The number of amides is 2. The Morgan fingerprint density at radius 1 is 1.19 bits per heavy atom. The molecule has 31 heavy (non-hydrogen) atoms. The van der Waals surface area contributed by atoms with Gasteiger partial charge in [0, 0.05) is 37.9 Å². The molecule has 3 rings (SSSR count). The predicted molar refractivity (Wildman–Crippen MR) is 122 cm³/mol. The highest BCUT2D eigenvalue weighted by Gasteiger charge is 2.31.